The molecule has 0 aromatic carbocycles. The molecule has 0 spiro atoms. The van der Waals surface area contributed by atoms with Gasteiger partial charge < -0.3 is 4.74 Å². The average Bonchev–Trinajstić information content (AvgIpc) is 2.86. The summed E-state index contributed by atoms with van der Waals surface area (Å²) in [5.41, 5.74) is 0.970. The maximum Gasteiger partial charge on any atom is 0.171 e. The van der Waals surface area contributed by atoms with Gasteiger partial charge in [-0.3, -0.25) is 9.69 Å². The zero-order valence-corrected chi connectivity index (χ0v) is 11.5. The van der Waals surface area contributed by atoms with E-state index < -0.39 is 0 Å². The van der Waals surface area contributed by atoms with Crippen molar-refractivity contribution in [2.75, 3.05) is 13.1 Å². The minimum Gasteiger partial charge on any atom is -0.489 e. The van der Waals surface area contributed by atoms with Gasteiger partial charge in [0.05, 0.1) is 5.92 Å². The van der Waals surface area contributed by atoms with E-state index in [1.807, 2.05) is 6.08 Å². The van der Waals surface area contributed by atoms with E-state index in [9.17, 15) is 4.79 Å². The van der Waals surface area contributed by atoms with Crippen LogP contribution in [-0.4, -0.2) is 35.9 Å². The molecule has 0 amide bonds. The zero-order valence-electron chi connectivity index (χ0n) is 11.5. The van der Waals surface area contributed by atoms with Gasteiger partial charge in [0, 0.05) is 18.2 Å². The van der Waals surface area contributed by atoms with Crippen LogP contribution in [0, 0.1) is 11.8 Å². The minimum atomic E-state index is 0.101. The maximum absolute atomic E-state index is 12.9. The van der Waals surface area contributed by atoms with Crippen molar-refractivity contribution in [1.29, 1.82) is 0 Å². The molecule has 3 nitrogen and oxygen atoms in total. The molecule has 3 heteroatoms. The lowest BCUT2D eigenvalue weighted by atomic mass is 9.74. The highest BCUT2D eigenvalue weighted by molar-refractivity contribution is 6.00. The number of rotatable bonds is 0. The van der Waals surface area contributed by atoms with Crippen molar-refractivity contribution in [2.45, 2.75) is 44.8 Å². The third kappa shape index (κ3) is 1.64. The highest BCUT2D eigenvalue weighted by Crippen LogP contribution is 2.42. The molecule has 0 aromatic heterocycles. The van der Waals surface area contributed by atoms with Crippen molar-refractivity contribution in [2.24, 2.45) is 11.8 Å². The molecule has 0 unspecified atom stereocenters. The van der Waals surface area contributed by atoms with Gasteiger partial charge in [0.1, 0.15) is 11.9 Å². The smallest absolute Gasteiger partial charge is 0.171 e. The van der Waals surface area contributed by atoms with Gasteiger partial charge in [0.15, 0.2) is 5.78 Å². The van der Waals surface area contributed by atoms with Crippen LogP contribution in [0.25, 0.3) is 0 Å². The van der Waals surface area contributed by atoms with Crippen molar-refractivity contribution in [1.82, 2.24) is 4.90 Å². The Balaban J connectivity index is 1.73. The van der Waals surface area contributed by atoms with Gasteiger partial charge in [-0.2, -0.15) is 0 Å². The van der Waals surface area contributed by atoms with Crippen LogP contribution in [0.5, 0.6) is 0 Å². The normalized spacial score (nSPS) is 41.6. The van der Waals surface area contributed by atoms with Crippen molar-refractivity contribution in [3.8, 4) is 0 Å². The standard InChI is InChI=1S/C16H21NO2/c1-10-4-2-6-12-14(10)16(18)15-11-5-3-8-17(11)9-7-13(15)19-12/h2,6,10-11,13,15H,3-5,7-9H2,1H3/t10-,11-,13+,15+/m0/s1. The number of carbonyl (C=O) groups is 1. The second-order valence-corrected chi connectivity index (χ2v) is 6.40. The summed E-state index contributed by atoms with van der Waals surface area (Å²) in [5.74, 6) is 1.69. The fourth-order valence-corrected chi connectivity index (χ4v) is 4.37. The van der Waals surface area contributed by atoms with E-state index in [0.29, 0.717) is 17.7 Å². The molecule has 4 atom stereocenters. The lowest BCUT2D eigenvalue weighted by Crippen LogP contribution is -2.54. The summed E-state index contributed by atoms with van der Waals surface area (Å²) >= 11 is 0. The van der Waals surface area contributed by atoms with Crippen molar-refractivity contribution < 1.29 is 9.53 Å². The molecule has 3 aliphatic heterocycles. The van der Waals surface area contributed by atoms with Crippen LogP contribution in [0.4, 0.5) is 0 Å². The van der Waals surface area contributed by atoms with Gasteiger partial charge >= 0.3 is 0 Å². The Morgan fingerprint density at radius 1 is 1.32 bits per heavy atom. The van der Waals surface area contributed by atoms with Gasteiger partial charge in [0.25, 0.3) is 0 Å². The summed E-state index contributed by atoms with van der Waals surface area (Å²) in [5, 5.41) is 0. The van der Waals surface area contributed by atoms with Gasteiger partial charge in [0.2, 0.25) is 0 Å². The van der Waals surface area contributed by atoms with Gasteiger partial charge in [-0.1, -0.05) is 13.0 Å². The van der Waals surface area contributed by atoms with E-state index in [-0.39, 0.29) is 12.0 Å². The molecule has 1 aliphatic carbocycles. The summed E-state index contributed by atoms with van der Waals surface area (Å²) in [4.78, 5) is 15.5. The number of Topliss-reactive ketones (excluding diaryl/α,β-unsaturated/α-hetero) is 1. The number of ether oxygens (including phenoxy) is 1. The molecule has 2 saturated heterocycles. The zero-order chi connectivity index (χ0) is 13.0. The molecule has 0 radical (unpaired) electrons. The molecule has 4 aliphatic rings. The maximum atomic E-state index is 12.9. The molecular weight excluding hydrogens is 238 g/mol. The summed E-state index contributed by atoms with van der Waals surface area (Å²) in [7, 11) is 0. The Labute approximate surface area is 114 Å². The highest BCUT2D eigenvalue weighted by Gasteiger charge is 2.49. The summed E-state index contributed by atoms with van der Waals surface area (Å²) in [6.07, 6.45) is 8.67. The second-order valence-electron chi connectivity index (χ2n) is 6.40. The predicted octanol–water partition coefficient (Wildman–Crippen LogP) is 2.29. The molecule has 0 N–H and O–H groups in total. The molecule has 2 fully saturated rings. The summed E-state index contributed by atoms with van der Waals surface area (Å²) < 4.78 is 6.19. The third-order valence-corrected chi connectivity index (χ3v) is 5.29. The largest absolute Gasteiger partial charge is 0.489 e. The number of carbonyl (C=O) groups excluding carboxylic acids is 1. The van der Waals surface area contributed by atoms with Crippen LogP contribution in [0.3, 0.4) is 0 Å². The Kier molecular flexibility index (Phi) is 2.59. The first-order chi connectivity index (χ1) is 9.25. The lowest BCUT2D eigenvalue weighted by molar-refractivity contribution is -0.133. The number of fused-ring (bicyclic) bond motifs is 3. The number of ketones is 1. The van der Waals surface area contributed by atoms with Crippen LogP contribution in [-0.2, 0) is 9.53 Å². The van der Waals surface area contributed by atoms with E-state index in [1.165, 1.54) is 19.4 Å². The number of hydrogen-bond donors (Lipinski definition) is 0. The minimum absolute atomic E-state index is 0.101. The molecule has 102 valence electrons. The van der Waals surface area contributed by atoms with Crippen LogP contribution in [0.1, 0.15) is 32.6 Å². The topological polar surface area (TPSA) is 29.5 Å². The molecule has 0 saturated carbocycles. The third-order valence-electron chi connectivity index (χ3n) is 5.29. The Morgan fingerprint density at radius 3 is 3.11 bits per heavy atom. The van der Waals surface area contributed by atoms with Crippen molar-refractivity contribution >= 4 is 5.78 Å². The summed E-state index contributed by atoms with van der Waals surface area (Å²) in [6, 6.07) is 0.443. The predicted molar refractivity (Wildman–Crippen MR) is 72.5 cm³/mol. The highest BCUT2D eigenvalue weighted by atomic mass is 16.5. The van der Waals surface area contributed by atoms with E-state index >= 15 is 0 Å². The van der Waals surface area contributed by atoms with Crippen LogP contribution < -0.4 is 0 Å². The van der Waals surface area contributed by atoms with Crippen LogP contribution in [0.15, 0.2) is 23.5 Å². The molecule has 4 rings (SSSR count). The van der Waals surface area contributed by atoms with E-state index in [2.05, 4.69) is 17.9 Å². The van der Waals surface area contributed by atoms with Crippen LogP contribution >= 0.6 is 0 Å². The van der Waals surface area contributed by atoms with E-state index in [1.54, 1.807) is 0 Å². The van der Waals surface area contributed by atoms with E-state index in [0.717, 1.165) is 30.7 Å². The van der Waals surface area contributed by atoms with Gasteiger partial charge in [-0.25, -0.2) is 0 Å². The number of nitrogens with zero attached hydrogens (tertiary/aromatic N) is 1. The molecule has 3 heterocycles. The molecule has 0 aromatic rings. The van der Waals surface area contributed by atoms with Crippen molar-refractivity contribution in [3.05, 3.63) is 23.5 Å². The SMILES string of the molecule is C[C@H]1CC=CC2=C1C(=O)[C@H]1[C@@H](CCN3CCC[C@@H]13)O2. The first-order valence-electron chi connectivity index (χ1n) is 7.61. The number of allylic oxidation sites excluding steroid dienone is 3. The molecule has 0 bridgehead atoms. The molecule has 19 heavy (non-hydrogen) atoms. The van der Waals surface area contributed by atoms with Crippen LogP contribution in [0.2, 0.25) is 0 Å². The first-order valence-corrected chi connectivity index (χ1v) is 7.61. The Morgan fingerprint density at radius 2 is 2.21 bits per heavy atom. The fourth-order valence-electron chi connectivity index (χ4n) is 4.37. The van der Waals surface area contributed by atoms with E-state index in [4.69, 9.17) is 4.74 Å². The first kappa shape index (κ1) is 11.7. The number of hydrogen-bond acceptors (Lipinski definition) is 3. The quantitative estimate of drug-likeness (QED) is 0.668. The lowest BCUT2D eigenvalue weighted by Gasteiger charge is -2.45. The van der Waals surface area contributed by atoms with Crippen molar-refractivity contribution in [3.63, 3.8) is 0 Å². The van der Waals surface area contributed by atoms with Gasteiger partial charge in [-0.05, 0) is 44.2 Å². The second kappa shape index (κ2) is 4.20. The number of piperidine rings is 1. The fraction of sp³-hybridized carbons (Fsp3) is 0.688. The molecular formula is C16H21NO2. The van der Waals surface area contributed by atoms with Gasteiger partial charge in [-0.15, -0.1) is 0 Å². The monoisotopic (exact) mass is 259 g/mol. The Bertz CT molecular complexity index is 479. The average molecular weight is 259 g/mol. The Hall–Kier alpha value is -1.09. The summed E-state index contributed by atoms with van der Waals surface area (Å²) in [6.45, 7) is 4.42.